The standard InChI is InChI=1S/C15H8ClF2NO2/c16-11-3-1-2-8(13(11)18)7-19-12-6-9(17)4-5-10(12)14(20)15(19)21/h1-6H,7H2. The molecule has 2 aromatic rings. The minimum Gasteiger partial charge on any atom is -0.300 e. The van der Waals surface area contributed by atoms with E-state index < -0.39 is 23.3 Å². The van der Waals surface area contributed by atoms with Crippen molar-refractivity contribution in [3.8, 4) is 0 Å². The first-order valence-corrected chi connectivity index (χ1v) is 6.45. The van der Waals surface area contributed by atoms with Gasteiger partial charge in [-0.25, -0.2) is 8.78 Å². The van der Waals surface area contributed by atoms with Gasteiger partial charge in [0.05, 0.1) is 22.8 Å². The fourth-order valence-electron chi connectivity index (χ4n) is 2.27. The van der Waals surface area contributed by atoms with E-state index in [0.717, 1.165) is 17.0 Å². The number of hydrogen-bond donors (Lipinski definition) is 0. The van der Waals surface area contributed by atoms with Crippen LogP contribution in [0.2, 0.25) is 5.02 Å². The van der Waals surface area contributed by atoms with Crippen LogP contribution in [0.1, 0.15) is 15.9 Å². The number of amides is 1. The van der Waals surface area contributed by atoms with Gasteiger partial charge in [0, 0.05) is 5.56 Å². The molecule has 0 saturated heterocycles. The predicted molar refractivity (Wildman–Crippen MR) is 73.3 cm³/mol. The number of Topliss-reactive ketones (excluding diaryl/α,β-unsaturated/α-hetero) is 1. The quantitative estimate of drug-likeness (QED) is 0.798. The van der Waals surface area contributed by atoms with E-state index in [1.165, 1.54) is 24.3 Å². The Morgan fingerprint density at radius 3 is 2.62 bits per heavy atom. The molecule has 1 aliphatic rings. The summed E-state index contributed by atoms with van der Waals surface area (Å²) in [4.78, 5) is 24.9. The van der Waals surface area contributed by atoms with E-state index in [1.54, 1.807) is 0 Å². The summed E-state index contributed by atoms with van der Waals surface area (Å²) in [7, 11) is 0. The van der Waals surface area contributed by atoms with Crippen molar-refractivity contribution < 1.29 is 18.4 Å². The maximum absolute atomic E-state index is 13.9. The van der Waals surface area contributed by atoms with Crippen LogP contribution in [0.25, 0.3) is 0 Å². The van der Waals surface area contributed by atoms with Gasteiger partial charge in [-0.15, -0.1) is 0 Å². The van der Waals surface area contributed by atoms with Crippen molar-refractivity contribution in [2.24, 2.45) is 0 Å². The molecule has 106 valence electrons. The topological polar surface area (TPSA) is 37.4 Å². The number of anilines is 1. The zero-order valence-electron chi connectivity index (χ0n) is 10.6. The number of fused-ring (bicyclic) bond motifs is 1. The van der Waals surface area contributed by atoms with Crippen LogP contribution in [0.5, 0.6) is 0 Å². The van der Waals surface area contributed by atoms with E-state index in [2.05, 4.69) is 0 Å². The first-order chi connectivity index (χ1) is 9.99. The summed E-state index contributed by atoms with van der Waals surface area (Å²) in [6, 6.07) is 7.81. The van der Waals surface area contributed by atoms with Crippen LogP contribution < -0.4 is 4.90 Å². The summed E-state index contributed by atoms with van der Waals surface area (Å²) in [5.41, 5.74) is 0.411. The van der Waals surface area contributed by atoms with E-state index in [9.17, 15) is 18.4 Å². The van der Waals surface area contributed by atoms with Crippen LogP contribution in [0.3, 0.4) is 0 Å². The monoisotopic (exact) mass is 307 g/mol. The molecule has 2 aromatic carbocycles. The van der Waals surface area contributed by atoms with Gasteiger partial charge in [0.25, 0.3) is 11.7 Å². The molecule has 0 bridgehead atoms. The summed E-state index contributed by atoms with van der Waals surface area (Å²) in [6.07, 6.45) is 0. The molecule has 0 fully saturated rings. The smallest absolute Gasteiger partial charge is 0.299 e. The molecule has 6 heteroatoms. The average Bonchev–Trinajstić information content (AvgIpc) is 2.68. The number of rotatable bonds is 2. The third-order valence-electron chi connectivity index (χ3n) is 3.29. The lowest BCUT2D eigenvalue weighted by atomic mass is 10.1. The van der Waals surface area contributed by atoms with Gasteiger partial charge in [-0.2, -0.15) is 0 Å². The zero-order valence-corrected chi connectivity index (χ0v) is 11.3. The molecule has 0 aromatic heterocycles. The molecule has 0 radical (unpaired) electrons. The second-order valence-corrected chi connectivity index (χ2v) is 5.00. The zero-order chi connectivity index (χ0) is 15.1. The van der Waals surface area contributed by atoms with E-state index >= 15 is 0 Å². The lowest BCUT2D eigenvalue weighted by Gasteiger charge is -2.17. The molecule has 0 aliphatic carbocycles. The largest absolute Gasteiger partial charge is 0.300 e. The van der Waals surface area contributed by atoms with Crippen LogP contribution >= 0.6 is 11.6 Å². The van der Waals surface area contributed by atoms with Crippen molar-refractivity contribution in [2.75, 3.05) is 4.90 Å². The summed E-state index contributed by atoms with van der Waals surface area (Å²) in [5, 5.41) is -0.0788. The van der Waals surface area contributed by atoms with Crippen molar-refractivity contribution in [2.45, 2.75) is 6.54 Å². The molecular weight excluding hydrogens is 300 g/mol. The number of nitrogens with zero attached hydrogens (tertiary/aromatic N) is 1. The van der Waals surface area contributed by atoms with Crippen molar-refractivity contribution in [1.29, 1.82) is 0 Å². The normalized spacial score (nSPS) is 13.8. The van der Waals surface area contributed by atoms with E-state index in [0.29, 0.717) is 0 Å². The molecule has 1 amide bonds. The minimum absolute atomic E-state index is 0.0788. The number of benzene rings is 2. The summed E-state index contributed by atoms with van der Waals surface area (Å²) >= 11 is 5.68. The van der Waals surface area contributed by atoms with Crippen LogP contribution in [0.4, 0.5) is 14.5 Å². The summed E-state index contributed by atoms with van der Waals surface area (Å²) < 4.78 is 27.2. The minimum atomic E-state index is -0.810. The molecule has 1 heterocycles. The third kappa shape index (κ3) is 2.19. The molecular formula is C15H8ClF2NO2. The molecule has 0 spiro atoms. The summed E-state index contributed by atoms with van der Waals surface area (Å²) in [6.45, 7) is -0.187. The van der Waals surface area contributed by atoms with Crippen LogP contribution in [-0.4, -0.2) is 11.7 Å². The highest BCUT2D eigenvalue weighted by Gasteiger charge is 2.36. The number of carbonyl (C=O) groups excluding carboxylic acids is 2. The Kier molecular flexibility index (Phi) is 3.22. The highest BCUT2D eigenvalue weighted by atomic mass is 35.5. The second-order valence-electron chi connectivity index (χ2n) is 4.59. The Hall–Kier alpha value is -2.27. The van der Waals surface area contributed by atoms with Gasteiger partial charge < -0.3 is 4.90 Å². The van der Waals surface area contributed by atoms with Gasteiger partial charge in [0.15, 0.2) is 0 Å². The van der Waals surface area contributed by atoms with Crippen LogP contribution in [0.15, 0.2) is 36.4 Å². The first-order valence-electron chi connectivity index (χ1n) is 6.07. The van der Waals surface area contributed by atoms with Crippen LogP contribution in [-0.2, 0) is 11.3 Å². The number of ketones is 1. The first kappa shape index (κ1) is 13.7. The van der Waals surface area contributed by atoms with Crippen molar-refractivity contribution >= 4 is 29.0 Å². The molecule has 3 nitrogen and oxygen atoms in total. The van der Waals surface area contributed by atoms with Gasteiger partial charge >= 0.3 is 0 Å². The Labute approximate surface area is 123 Å². The predicted octanol–water partition coefficient (Wildman–Crippen LogP) is 3.35. The molecule has 21 heavy (non-hydrogen) atoms. The molecule has 1 aliphatic heterocycles. The van der Waals surface area contributed by atoms with Gasteiger partial charge in [-0.1, -0.05) is 23.7 Å². The Morgan fingerprint density at radius 1 is 1.10 bits per heavy atom. The van der Waals surface area contributed by atoms with Crippen molar-refractivity contribution in [3.63, 3.8) is 0 Å². The number of carbonyl (C=O) groups is 2. The molecule has 0 N–H and O–H groups in total. The van der Waals surface area contributed by atoms with E-state index in [4.69, 9.17) is 11.6 Å². The second kappa shape index (κ2) is 4.93. The third-order valence-corrected chi connectivity index (χ3v) is 3.59. The molecule has 0 saturated carbocycles. The van der Waals surface area contributed by atoms with Crippen molar-refractivity contribution in [3.05, 3.63) is 64.2 Å². The number of halogens is 3. The maximum Gasteiger partial charge on any atom is 0.299 e. The highest BCUT2D eigenvalue weighted by Crippen LogP contribution is 2.32. The van der Waals surface area contributed by atoms with Crippen LogP contribution in [0, 0.1) is 11.6 Å². The Balaban J connectivity index is 2.04. The van der Waals surface area contributed by atoms with Crippen molar-refractivity contribution in [1.82, 2.24) is 0 Å². The summed E-state index contributed by atoms with van der Waals surface area (Å²) in [5.74, 6) is -2.78. The molecule has 3 rings (SSSR count). The lowest BCUT2D eigenvalue weighted by molar-refractivity contribution is -0.114. The van der Waals surface area contributed by atoms with Gasteiger partial charge in [-0.3, -0.25) is 9.59 Å². The lowest BCUT2D eigenvalue weighted by Crippen LogP contribution is -2.29. The Bertz CT molecular complexity index is 776. The SMILES string of the molecule is O=C1C(=O)N(Cc2cccc(Cl)c2F)c2cc(F)ccc21. The van der Waals surface area contributed by atoms with Gasteiger partial charge in [-0.05, 0) is 24.3 Å². The van der Waals surface area contributed by atoms with Gasteiger partial charge in [0.2, 0.25) is 0 Å². The molecule has 0 unspecified atom stereocenters. The fraction of sp³-hybridized carbons (Fsp3) is 0.0667. The van der Waals surface area contributed by atoms with Gasteiger partial charge in [0.1, 0.15) is 11.6 Å². The Morgan fingerprint density at radius 2 is 1.86 bits per heavy atom. The van der Waals surface area contributed by atoms with E-state index in [1.807, 2.05) is 0 Å². The maximum atomic E-state index is 13.9. The fourth-order valence-corrected chi connectivity index (χ4v) is 2.46. The molecule has 0 atom stereocenters. The van der Waals surface area contributed by atoms with E-state index in [-0.39, 0.29) is 28.4 Å². The number of hydrogen-bond acceptors (Lipinski definition) is 2. The highest BCUT2D eigenvalue weighted by molar-refractivity contribution is 6.52. The average molecular weight is 308 g/mol.